The van der Waals surface area contributed by atoms with Crippen molar-refractivity contribution in [3.05, 3.63) is 27.8 Å². The van der Waals surface area contributed by atoms with Crippen molar-refractivity contribution < 1.29 is 47.3 Å². The van der Waals surface area contributed by atoms with E-state index in [-0.39, 0.29) is 43.6 Å². The molecule has 1 aromatic carbocycles. The molecule has 0 heterocycles. The maximum atomic E-state index is 10.9. The molecule has 0 aliphatic rings. The fraction of sp³-hybridized carbons (Fsp3) is 0.364. The molecule has 1 aromatic rings. The summed E-state index contributed by atoms with van der Waals surface area (Å²) in [5, 5.41) is 18.7. The van der Waals surface area contributed by atoms with E-state index in [1.807, 2.05) is 6.92 Å². The summed E-state index contributed by atoms with van der Waals surface area (Å²) < 4.78 is 0. The van der Waals surface area contributed by atoms with Crippen LogP contribution >= 0.6 is 0 Å². The van der Waals surface area contributed by atoms with Gasteiger partial charge < -0.3 is 10.2 Å². The Morgan fingerprint density at radius 2 is 1.40 bits per heavy atom. The van der Waals surface area contributed by atoms with Crippen LogP contribution in [0, 0.1) is 60.0 Å². The average Bonchev–Trinajstić information content (AvgIpc) is 2.11. The third-order valence-electron chi connectivity index (χ3n) is 2.80. The monoisotopic (exact) mass is 425 g/mol. The number of phenolic OH excluding ortho intramolecular Hbond substituents is 1. The summed E-state index contributed by atoms with van der Waals surface area (Å²) in [7, 11) is 0. The van der Waals surface area contributed by atoms with Crippen molar-refractivity contribution in [1.82, 2.24) is 0 Å². The second kappa shape index (κ2) is 5.07. The molecule has 0 bridgehead atoms. The number of benzene rings is 1. The van der Waals surface area contributed by atoms with Crippen molar-refractivity contribution in [2.75, 3.05) is 0 Å². The number of hydrogen-bond donors (Lipinski definition) is 2. The number of rotatable bonds is 1. The minimum atomic E-state index is -0.988. The molecule has 0 spiro atoms. The normalized spacial score (nSPS) is 9.60. The number of hydrogen-bond acceptors (Lipinski definition) is 2. The molecule has 0 aliphatic carbocycles. The molecule has 4 heteroatoms. The van der Waals surface area contributed by atoms with E-state index in [0.717, 1.165) is 16.7 Å². The second-order valence-electron chi connectivity index (χ2n) is 3.53. The standard InChI is InChI=1S/C11H14O3.Pa/c1-5-6(2)9(11(13)14)8(4)10(12)7(5)3;/h12H,1-4H3,(H,13,14);. The van der Waals surface area contributed by atoms with Gasteiger partial charge in [0, 0.05) is 37.9 Å². The Hall–Kier alpha value is -0.419. The maximum Gasteiger partial charge on any atom is 0.336 e. The molecule has 0 aliphatic heterocycles. The SMILES string of the molecule is Cc1c(C)c(O)c(C)c(C(=O)O)c1C.[Pa]. The maximum absolute atomic E-state index is 10.9. The molecule has 0 saturated heterocycles. The number of carbonyl (C=O) groups is 1. The van der Waals surface area contributed by atoms with E-state index in [2.05, 4.69) is 0 Å². The molecule has 79 valence electrons. The molecular weight excluding hydrogens is 411 g/mol. The van der Waals surface area contributed by atoms with Gasteiger partial charge in [-0.1, -0.05) is 0 Å². The predicted molar refractivity (Wildman–Crippen MR) is 54.0 cm³/mol. The minimum Gasteiger partial charge on any atom is -0.507 e. The zero-order valence-corrected chi connectivity index (χ0v) is 14.2. The molecular formula is C11H14O3Pa. The number of phenols is 1. The van der Waals surface area contributed by atoms with Gasteiger partial charge in [-0.3, -0.25) is 0 Å². The van der Waals surface area contributed by atoms with Crippen molar-refractivity contribution in [2.45, 2.75) is 27.7 Å². The molecule has 3 nitrogen and oxygen atoms in total. The molecule has 1 rings (SSSR count). The molecule has 0 atom stereocenters. The minimum absolute atomic E-state index is 0. The van der Waals surface area contributed by atoms with Gasteiger partial charge in [0.15, 0.2) is 0 Å². The van der Waals surface area contributed by atoms with Crippen LogP contribution in [0.2, 0.25) is 0 Å². The fourth-order valence-corrected chi connectivity index (χ4v) is 1.65. The Balaban J connectivity index is 0.00000196. The van der Waals surface area contributed by atoms with E-state index in [1.165, 1.54) is 0 Å². The van der Waals surface area contributed by atoms with Gasteiger partial charge in [0.1, 0.15) is 5.75 Å². The third-order valence-corrected chi connectivity index (χ3v) is 2.80. The van der Waals surface area contributed by atoms with Gasteiger partial charge in [0.25, 0.3) is 0 Å². The Kier molecular flexibility index (Phi) is 4.93. The van der Waals surface area contributed by atoms with Crippen LogP contribution < -0.4 is 0 Å². The first kappa shape index (κ1) is 14.6. The number of carboxylic acids is 1. The van der Waals surface area contributed by atoms with Crippen LogP contribution in [-0.4, -0.2) is 16.2 Å². The van der Waals surface area contributed by atoms with Gasteiger partial charge in [0.2, 0.25) is 0 Å². The van der Waals surface area contributed by atoms with Crippen molar-refractivity contribution in [3.63, 3.8) is 0 Å². The Labute approximate surface area is 114 Å². The topological polar surface area (TPSA) is 57.5 Å². The molecule has 0 saturated carbocycles. The van der Waals surface area contributed by atoms with E-state index >= 15 is 0 Å². The van der Waals surface area contributed by atoms with Crippen molar-refractivity contribution >= 4 is 5.97 Å². The van der Waals surface area contributed by atoms with Crippen molar-refractivity contribution in [2.24, 2.45) is 0 Å². The molecule has 0 amide bonds. The van der Waals surface area contributed by atoms with Gasteiger partial charge in [-0.05, 0) is 44.4 Å². The van der Waals surface area contributed by atoms with Gasteiger partial charge in [-0.15, -0.1) is 0 Å². The van der Waals surface area contributed by atoms with Crippen LogP contribution in [0.1, 0.15) is 32.6 Å². The van der Waals surface area contributed by atoms with E-state index in [0.29, 0.717) is 5.56 Å². The first-order valence-corrected chi connectivity index (χ1v) is 4.40. The van der Waals surface area contributed by atoms with Crippen molar-refractivity contribution in [3.8, 4) is 5.75 Å². The predicted octanol–water partition coefficient (Wildman–Crippen LogP) is 2.32. The molecule has 0 aromatic heterocycles. The molecule has 0 unspecified atom stereocenters. The summed E-state index contributed by atoms with van der Waals surface area (Å²) in [4.78, 5) is 10.9. The van der Waals surface area contributed by atoms with Crippen LogP contribution in [0.15, 0.2) is 0 Å². The number of carboxylic acid groups (broad SMARTS) is 1. The zero-order chi connectivity index (χ0) is 11.0. The number of aromatic carboxylic acids is 1. The Morgan fingerprint density at radius 3 is 1.80 bits per heavy atom. The summed E-state index contributed by atoms with van der Waals surface area (Å²) in [5.74, 6) is -0.899. The number of aromatic hydroxyl groups is 1. The van der Waals surface area contributed by atoms with Crippen LogP contribution in [0.25, 0.3) is 0 Å². The summed E-state index contributed by atoms with van der Waals surface area (Å²) in [5.41, 5.74) is 2.98. The summed E-state index contributed by atoms with van der Waals surface area (Å²) >= 11 is 0. The first-order valence-electron chi connectivity index (χ1n) is 4.40. The quantitative estimate of drug-likeness (QED) is 0.727. The van der Waals surface area contributed by atoms with E-state index in [1.54, 1.807) is 20.8 Å². The van der Waals surface area contributed by atoms with Gasteiger partial charge in [-0.2, -0.15) is 0 Å². The summed E-state index contributed by atoms with van der Waals surface area (Å²) in [6.45, 7) is 6.99. The fourth-order valence-electron chi connectivity index (χ4n) is 1.65. The molecule has 2 N–H and O–H groups in total. The van der Waals surface area contributed by atoms with Crippen molar-refractivity contribution in [1.29, 1.82) is 0 Å². The van der Waals surface area contributed by atoms with E-state index in [4.69, 9.17) is 5.11 Å². The van der Waals surface area contributed by atoms with Crippen LogP contribution in [0.3, 0.4) is 0 Å². The Morgan fingerprint density at radius 1 is 0.933 bits per heavy atom. The molecule has 15 heavy (non-hydrogen) atoms. The third kappa shape index (κ3) is 2.39. The van der Waals surface area contributed by atoms with Crippen LogP contribution in [-0.2, 0) is 0 Å². The van der Waals surface area contributed by atoms with Gasteiger partial charge >= 0.3 is 5.97 Å². The van der Waals surface area contributed by atoms with E-state index < -0.39 is 5.97 Å². The zero-order valence-electron chi connectivity index (χ0n) is 9.38. The summed E-state index contributed by atoms with van der Waals surface area (Å²) in [6, 6.07) is 0. The second-order valence-corrected chi connectivity index (χ2v) is 3.53. The van der Waals surface area contributed by atoms with Crippen LogP contribution in [0.4, 0.5) is 0 Å². The molecule has 1 radical (unpaired) electrons. The van der Waals surface area contributed by atoms with Gasteiger partial charge in [-0.25, -0.2) is 4.79 Å². The molecule has 0 fully saturated rings. The average molecular weight is 425 g/mol. The van der Waals surface area contributed by atoms with Gasteiger partial charge in [0.05, 0.1) is 5.56 Å². The first-order chi connectivity index (χ1) is 6.37. The smallest absolute Gasteiger partial charge is 0.336 e. The largest absolute Gasteiger partial charge is 0.507 e. The van der Waals surface area contributed by atoms with E-state index in [9.17, 15) is 9.90 Å². The summed E-state index contributed by atoms with van der Waals surface area (Å²) in [6.07, 6.45) is 0. The Bertz CT molecular complexity index is 382. The van der Waals surface area contributed by atoms with Crippen LogP contribution in [0.5, 0.6) is 5.75 Å².